The van der Waals surface area contributed by atoms with E-state index >= 15 is 0 Å². The van der Waals surface area contributed by atoms with E-state index in [4.69, 9.17) is 10.7 Å². The largest absolute Gasteiger partial charge is 0.384 e. The quantitative estimate of drug-likeness (QED) is 0.334. The third-order valence-corrected chi connectivity index (χ3v) is 5.73. The van der Waals surface area contributed by atoms with Crippen LogP contribution in [0.1, 0.15) is 0 Å². The summed E-state index contributed by atoms with van der Waals surface area (Å²) in [4.78, 5) is 9.52. The lowest BCUT2D eigenvalue weighted by atomic mass is 10.0. The van der Waals surface area contributed by atoms with Gasteiger partial charge in [0, 0.05) is 22.3 Å². The molecule has 0 saturated heterocycles. The highest BCUT2D eigenvalue weighted by Crippen LogP contribution is 2.32. The molecule has 0 aliphatic heterocycles. The maximum Gasteiger partial charge on any atom is 0.213 e. The van der Waals surface area contributed by atoms with Crippen molar-refractivity contribution in [1.82, 2.24) is 14.5 Å². The van der Waals surface area contributed by atoms with Crippen molar-refractivity contribution in [1.29, 1.82) is 0 Å². The van der Waals surface area contributed by atoms with E-state index in [2.05, 4.69) is 57.3 Å². The van der Waals surface area contributed by atoms with Gasteiger partial charge in [-0.1, -0.05) is 66.7 Å². The fraction of sp³-hybridized carbons (Fsp3) is 0. The second kappa shape index (κ2) is 7.80. The van der Waals surface area contributed by atoms with Crippen LogP contribution in [0.4, 0.5) is 17.5 Å². The van der Waals surface area contributed by atoms with Crippen LogP contribution in [0.25, 0.3) is 38.8 Å². The normalized spacial score (nSPS) is 11.2. The monoisotopic (exact) mass is 427 g/mol. The van der Waals surface area contributed by atoms with Crippen LogP contribution < -0.4 is 11.1 Å². The average Bonchev–Trinajstić information content (AvgIpc) is 3.22. The van der Waals surface area contributed by atoms with E-state index < -0.39 is 0 Å². The van der Waals surface area contributed by atoms with Gasteiger partial charge in [0.1, 0.15) is 5.82 Å². The van der Waals surface area contributed by atoms with E-state index in [1.807, 2.05) is 66.7 Å². The minimum absolute atomic E-state index is 0.507. The molecule has 0 saturated carbocycles. The summed E-state index contributed by atoms with van der Waals surface area (Å²) < 4.78 is 2.14. The van der Waals surface area contributed by atoms with Crippen molar-refractivity contribution < 1.29 is 0 Å². The van der Waals surface area contributed by atoms with Crippen molar-refractivity contribution in [2.75, 3.05) is 11.1 Å². The number of para-hydroxylation sites is 3. The molecule has 3 N–H and O–H groups in total. The first kappa shape index (κ1) is 19.1. The third-order valence-electron chi connectivity index (χ3n) is 5.73. The number of hydrogen-bond acceptors (Lipinski definition) is 4. The number of aromatic nitrogens is 3. The van der Waals surface area contributed by atoms with Crippen LogP contribution in [0.2, 0.25) is 0 Å². The van der Waals surface area contributed by atoms with Gasteiger partial charge in [-0.25, -0.2) is 9.97 Å². The summed E-state index contributed by atoms with van der Waals surface area (Å²) >= 11 is 0. The standard InChI is InChI=1S/C28H21N5/c29-26-17-20-15-16-21(18-23(20)27(32-26)19-9-3-1-4-10-19)30-28-31-24-13-7-8-14-25(24)33(28)22-11-5-2-6-12-22/h1-18H,(H2,29,32)(H,30,31). The number of anilines is 3. The molecule has 6 aromatic rings. The van der Waals surface area contributed by atoms with Crippen LogP contribution in [0, 0.1) is 0 Å². The molecule has 0 radical (unpaired) electrons. The third kappa shape index (κ3) is 3.46. The van der Waals surface area contributed by atoms with Crippen LogP contribution >= 0.6 is 0 Å². The Balaban J connectivity index is 1.50. The van der Waals surface area contributed by atoms with Gasteiger partial charge in [0.2, 0.25) is 5.95 Å². The molecule has 2 heterocycles. The predicted molar refractivity (Wildman–Crippen MR) is 136 cm³/mol. The summed E-state index contributed by atoms with van der Waals surface area (Å²) in [6.45, 7) is 0. The molecule has 0 fully saturated rings. The molecule has 33 heavy (non-hydrogen) atoms. The van der Waals surface area contributed by atoms with Gasteiger partial charge in [-0.15, -0.1) is 0 Å². The maximum absolute atomic E-state index is 6.11. The van der Waals surface area contributed by atoms with Crippen LogP contribution in [0.3, 0.4) is 0 Å². The highest BCUT2D eigenvalue weighted by molar-refractivity contribution is 5.98. The Morgan fingerprint density at radius 3 is 2.24 bits per heavy atom. The summed E-state index contributed by atoms with van der Waals surface area (Å²) in [5.74, 6) is 1.26. The number of nitrogens with two attached hydrogens (primary N) is 1. The van der Waals surface area contributed by atoms with Gasteiger partial charge >= 0.3 is 0 Å². The molecule has 0 unspecified atom stereocenters. The number of hydrogen-bond donors (Lipinski definition) is 2. The van der Waals surface area contributed by atoms with Crippen molar-refractivity contribution in [2.24, 2.45) is 0 Å². The first-order valence-electron chi connectivity index (χ1n) is 10.8. The van der Waals surface area contributed by atoms with Crippen LogP contribution in [-0.4, -0.2) is 14.5 Å². The Hall–Kier alpha value is -4.64. The Morgan fingerprint density at radius 2 is 1.42 bits per heavy atom. The predicted octanol–water partition coefficient (Wildman–Crippen LogP) is 6.57. The van der Waals surface area contributed by atoms with Crippen molar-refractivity contribution in [3.8, 4) is 16.9 Å². The first-order chi connectivity index (χ1) is 16.3. The van der Waals surface area contributed by atoms with Gasteiger partial charge in [-0.3, -0.25) is 4.57 Å². The lowest BCUT2D eigenvalue weighted by Crippen LogP contribution is -2.02. The van der Waals surface area contributed by atoms with E-state index in [1.165, 1.54) is 0 Å². The molecule has 0 spiro atoms. The molecule has 158 valence electrons. The Bertz CT molecular complexity index is 1590. The number of rotatable bonds is 4. The Labute approximate surface area is 191 Å². The zero-order valence-electron chi connectivity index (χ0n) is 17.8. The van der Waals surface area contributed by atoms with Crippen LogP contribution in [-0.2, 0) is 0 Å². The van der Waals surface area contributed by atoms with Crippen LogP contribution in [0.5, 0.6) is 0 Å². The number of nitrogens with zero attached hydrogens (tertiary/aromatic N) is 3. The molecule has 5 heteroatoms. The first-order valence-corrected chi connectivity index (χ1v) is 10.8. The molecular formula is C28H21N5. The van der Waals surface area contributed by atoms with E-state index in [-0.39, 0.29) is 0 Å². The maximum atomic E-state index is 6.11. The van der Waals surface area contributed by atoms with Gasteiger partial charge in [0.25, 0.3) is 0 Å². The van der Waals surface area contributed by atoms with Gasteiger partial charge < -0.3 is 11.1 Å². The van der Waals surface area contributed by atoms with Crippen molar-refractivity contribution in [3.63, 3.8) is 0 Å². The number of imidazole rings is 1. The molecule has 0 amide bonds. The topological polar surface area (TPSA) is 68.8 Å². The minimum atomic E-state index is 0.507. The number of benzene rings is 4. The summed E-state index contributed by atoms with van der Waals surface area (Å²) in [7, 11) is 0. The number of nitrogens with one attached hydrogen (secondary N) is 1. The highest BCUT2D eigenvalue weighted by atomic mass is 15.2. The average molecular weight is 428 g/mol. The molecule has 0 aliphatic rings. The van der Waals surface area contributed by atoms with Gasteiger partial charge in [-0.05, 0) is 47.9 Å². The SMILES string of the molecule is Nc1cc2ccc(Nc3nc4ccccc4n3-c3ccccc3)cc2c(-c2ccccc2)n1. The summed E-state index contributed by atoms with van der Waals surface area (Å²) in [6.07, 6.45) is 0. The van der Waals surface area contributed by atoms with E-state index in [1.54, 1.807) is 0 Å². The molecule has 2 aromatic heterocycles. The Kier molecular flexibility index (Phi) is 4.51. The minimum Gasteiger partial charge on any atom is -0.384 e. The second-order valence-electron chi connectivity index (χ2n) is 7.92. The molecular weight excluding hydrogens is 406 g/mol. The summed E-state index contributed by atoms with van der Waals surface area (Å²) in [5, 5.41) is 5.61. The molecule has 6 rings (SSSR count). The molecule has 0 aliphatic carbocycles. The van der Waals surface area contributed by atoms with Gasteiger partial charge in [0.05, 0.1) is 16.7 Å². The summed E-state index contributed by atoms with van der Waals surface area (Å²) in [5.41, 5.74) is 12.0. The van der Waals surface area contributed by atoms with Crippen molar-refractivity contribution in [2.45, 2.75) is 0 Å². The van der Waals surface area contributed by atoms with E-state index in [0.29, 0.717) is 5.82 Å². The van der Waals surface area contributed by atoms with Gasteiger partial charge in [0.15, 0.2) is 0 Å². The zero-order valence-corrected chi connectivity index (χ0v) is 17.8. The van der Waals surface area contributed by atoms with Crippen LogP contribution in [0.15, 0.2) is 109 Å². The second-order valence-corrected chi connectivity index (χ2v) is 7.92. The fourth-order valence-corrected chi connectivity index (χ4v) is 4.24. The number of nitrogen functional groups attached to an aromatic ring is 1. The fourth-order valence-electron chi connectivity index (χ4n) is 4.24. The zero-order chi connectivity index (χ0) is 22.2. The van der Waals surface area contributed by atoms with Gasteiger partial charge in [-0.2, -0.15) is 0 Å². The number of fused-ring (bicyclic) bond motifs is 2. The molecule has 0 bridgehead atoms. The molecule has 5 nitrogen and oxygen atoms in total. The smallest absolute Gasteiger partial charge is 0.213 e. The molecule has 4 aromatic carbocycles. The van der Waals surface area contributed by atoms with E-state index in [0.717, 1.165) is 50.4 Å². The summed E-state index contributed by atoms with van der Waals surface area (Å²) in [6, 6.07) is 36.7. The van der Waals surface area contributed by atoms with Crippen molar-refractivity contribution in [3.05, 3.63) is 109 Å². The Morgan fingerprint density at radius 1 is 0.697 bits per heavy atom. The molecule has 0 atom stereocenters. The lowest BCUT2D eigenvalue weighted by molar-refractivity contribution is 1.10. The highest BCUT2D eigenvalue weighted by Gasteiger charge is 2.14. The lowest BCUT2D eigenvalue weighted by Gasteiger charge is -2.13. The van der Waals surface area contributed by atoms with Crippen molar-refractivity contribution >= 4 is 39.3 Å². The number of pyridine rings is 1. The van der Waals surface area contributed by atoms with E-state index in [9.17, 15) is 0 Å².